The molecule has 0 radical (unpaired) electrons. The third-order valence-corrected chi connectivity index (χ3v) is 3.92. The molecule has 2 rings (SSSR count). The molecule has 0 bridgehead atoms. The molecule has 1 amide bonds. The molecule has 2 saturated carbocycles. The number of hydrogen-bond donors (Lipinski definition) is 1. The summed E-state index contributed by atoms with van der Waals surface area (Å²) in [7, 11) is 0. The van der Waals surface area contributed by atoms with E-state index >= 15 is 0 Å². The highest BCUT2D eigenvalue weighted by molar-refractivity contribution is 5.79. The van der Waals surface area contributed by atoms with Crippen LogP contribution in [-0.2, 0) is 4.79 Å². The normalized spacial score (nSPS) is 31.5. The lowest BCUT2D eigenvalue weighted by atomic mass is 9.82. The molecule has 16 heavy (non-hydrogen) atoms. The van der Waals surface area contributed by atoms with Gasteiger partial charge in [-0.15, -0.1) is 0 Å². The van der Waals surface area contributed by atoms with Crippen molar-refractivity contribution >= 4 is 5.91 Å². The largest absolute Gasteiger partial charge is 0.340 e. The summed E-state index contributed by atoms with van der Waals surface area (Å²) in [5, 5.41) is 11.9. The Morgan fingerprint density at radius 3 is 2.38 bits per heavy atom. The van der Waals surface area contributed by atoms with E-state index in [0.717, 1.165) is 44.4 Å². The molecule has 0 saturated heterocycles. The van der Waals surface area contributed by atoms with E-state index in [1.807, 2.05) is 0 Å². The molecule has 0 aromatic rings. The van der Waals surface area contributed by atoms with Gasteiger partial charge in [0.25, 0.3) is 0 Å². The minimum absolute atomic E-state index is 0.116. The lowest BCUT2D eigenvalue weighted by molar-refractivity contribution is -0.126. The maximum atomic E-state index is 11.9. The highest BCUT2D eigenvalue weighted by Crippen LogP contribution is 2.33. The van der Waals surface area contributed by atoms with Crippen LogP contribution in [0.2, 0.25) is 0 Å². The van der Waals surface area contributed by atoms with E-state index in [1.165, 1.54) is 0 Å². The fourth-order valence-corrected chi connectivity index (χ4v) is 2.48. The number of nitrogens with one attached hydrogen (secondary N) is 1. The van der Waals surface area contributed by atoms with Crippen molar-refractivity contribution < 1.29 is 4.79 Å². The zero-order valence-electron chi connectivity index (χ0n) is 9.91. The van der Waals surface area contributed by atoms with Crippen LogP contribution in [0.25, 0.3) is 0 Å². The van der Waals surface area contributed by atoms with Gasteiger partial charge in [0.15, 0.2) is 0 Å². The van der Waals surface area contributed by atoms with E-state index in [1.54, 1.807) is 0 Å². The first-order valence-electron chi connectivity index (χ1n) is 6.40. The Kier molecular flexibility index (Phi) is 3.48. The summed E-state index contributed by atoms with van der Waals surface area (Å²) in [6.07, 6.45) is 6.49. The first kappa shape index (κ1) is 11.4. The summed E-state index contributed by atoms with van der Waals surface area (Å²) < 4.78 is 0. The Balaban J connectivity index is 1.81. The number of nitriles is 1. The van der Waals surface area contributed by atoms with Crippen molar-refractivity contribution in [1.82, 2.24) is 5.32 Å². The molecular weight excluding hydrogens is 200 g/mol. The van der Waals surface area contributed by atoms with Gasteiger partial charge in [0.2, 0.25) is 5.91 Å². The number of amides is 1. The van der Waals surface area contributed by atoms with E-state index in [2.05, 4.69) is 18.3 Å². The molecule has 0 aromatic carbocycles. The van der Waals surface area contributed by atoms with Gasteiger partial charge >= 0.3 is 0 Å². The summed E-state index contributed by atoms with van der Waals surface area (Å²) in [6.45, 7) is 2.25. The van der Waals surface area contributed by atoms with Crippen molar-refractivity contribution in [3.8, 4) is 6.07 Å². The Morgan fingerprint density at radius 1 is 1.25 bits per heavy atom. The van der Waals surface area contributed by atoms with Crippen LogP contribution in [0.15, 0.2) is 0 Å². The number of carbonyl (C=O) groups is 1. The fraction of sp³-hybridized carbons (Fsp3) is 0.846. The predicted molar refractivity (Wildman–Crippen MR) is 61.4 cm³/mol. The Morgan fingerprint density at radius 2 is 1.88 bits per heavy atom. The van der Waals surface area contributed by atoms with E-state index in [0.29, 0.717) is 5.92 Å². The van der Waals surface area contributed by atoms with Crippen molar-refractivity contribution in [1.29, 1.82) is 5.26 Å². The van der Waals surface area contributed by atoms with Crippen molar-refractivity contribution in [3.63, 3.8) is 0 Å². The Labute approximate surface area is 97.2 Å². The van der Waals surface area contributed by atoms with E-state index in [-0.39, 0.29) is 17.9 Å². The zero-order valence-corrected chi connectivity index (χ0v) is 9.91. The minimum Gasteiger partial charge on any atom is -0.340 e. The molecule has 2 aliphatic rings. The average molecular weight is 220 g/mol. The van der Waals surface area contributed by atoms with Gasteiger partial charge in [0, 0.05) is 5.92 Å². The van der Waals surface area contributed by atoms with Gasteiger partial charge in [-0.05, 0) is 50.4 Å². The molecule has 1 unspecified atom stereocenters. The van der Waals surface area contributed by atoms with E-state index < -0.39 is 0 Å². The maximum absolute atomic E-state index is 11.9. The van der Waals surface area contributed by atoms with Crippen LogP contribution in [0.5, 0.6) is 0 Å². The van der Waals surface area contributed by atoms with Crippen molar-refractivity contribution in [2.45, 2.75) is 51.5 Å². The first-order valence-corrected chi connectivity index (χ1v) is 6.40. The van der Waals surface area contributed by atoms with Crippen LogP contribution < -0.4 is 5.32 Å². The van der Waals surface area contributed by atoms with E-state index in [9.17, 15) is 4.79 Å². The van der Waals surface area contributed by atoms with Gasteiger partial charge in [0.1, 0.15) is 6.04 Å². The van der Waals surface area contributed by atoms with Crippen molar-refractivity contribution in [2.24, 2.45) is 17.8 Å². The minimum atomic E-state index is -0.230. The van der Waals surface area contributed by atoms with Crippen LogP contribution in [0.1, 0.15) is 45.4 Å². The lowest BCUT2D eigenvalue weighted by Crippen LogP contribution is -2.40. The van der Waals surface area contributed by atoms with Crippen molar-refractivity contribution in [3.05, 3.63) is 0 Å². The fourth-order valence-electron chi connectivity index (χ4n) is 2.48. The summed E-state index contributed by atoms with van der Waals surface area (Å²) in [4.78, 5) is 11.9. The number of nitrogens with zero attached hydrogens (tertiary/aromatic N) is 1. The Bertz CT molecular complexity index is 296. The topological polar surface area (TPSA) is 52.9 Å². The summed E-state index contributed by atoms with van der Waals surface area (Å²) in [6, 6.07) is 1.98. The molecule has 3 heteroatoms. The second-order valence-corrected chi connectivity index (χ2v) is 5.41. The second kappa shape index (κ2) is 4.86. The third-order valence-electron chi connectivity index (χ3n) is 3.92. The average Bonchev–Trinajstić information content (AvgIpc) is 3.10. The van der Waals surface area contributed by atoms with Crippen LogP contribution >= 0.6 is 0 Å². The lowest BCUT2D eigenvalue weighted by Gasteiger charge is -2.26. The molecule has 88 valence electrons. The molecule has 0 aromatic heterocycles. The Hall–Kier alpha value is -1.04. The number of carbonyl (C=O) groups excluding carboxylic acids is 1. The van der Waals surface area contributed by atoms with Gasteiger partial charge in [-0.25, -0.2) is 0 Å². The molecule has 1 N–H and O–H groups in total. The maximum Gasteiger partial charge on any atom is 0.224 e. The molecule has 3 nitrogen and oxygen atoms in total. The molecule has 0 spiro atoms. The van der Waals surface area contributed by atoms with Gasteiger partial charge in [-0.3, -0.25) is 4.79 Å². The second-order valence-electron chi connectivity index (χ2n) is 5.41. The van der Waals surface area contributed by atoms with Crippen LogP contribution in [0.3, 0.4) is 0 Å². The third kappa shape index (κ3) is 2.75. The molecule has 1 atom stereocenters. The standard InChI is InChI=1S/C13H20N2O/c1-9-2-4-11(5-3-9)13(16)15-12(8-14)10-6-7-10/h9-12H,2-7H2,1H3,(H,15,16). The molecule has 2 aliphatic carbocycles. The van der Waals surface area contributed by atoms with Crippen LogP contribution in [0.4, 0.5) is 0 Å². The van der Waals surface area contributed by atoms with Crippen LogP contribution in [0, 0.1) is 29.1 Å². The van der Waals surface area contributed by atoms with E-state index in [4.69, 9.17) is 5.26 Å². The van der Waals surface area contributed by atoms with Gasteiger partial charge < -0.3 is 5.32 Å². The highest BCUT2D eigenvalue weighted by Gasteiger charge is 2.34. The monoisotopic (exact) mass is 220 g/mol. The smallest absolute Gasteiger partial charge is 0.224 e. The van der Waals surface area contributed by atoms with Crippen LogP contribution in [-0.4, -0.2) is 11.9 Å². The zero-order chi connectivity index (χ0) is 11.5. The highest BCUT2D eigenvalue weighted by atomic mass is 16.1. The van der Waals surface area contributed by atoms with Gasteiger partial charge in [0.05, 0.1) is 6.07 Å². The molecule has 0 aliphatic heterocycles. The van der Waals surface area contributed by atoms with Gasteiger partial charge in [-0.1, -0.05) is 6.92 Å². The summed E-state index contributed by atoms with van der Waals surface area (Å²) in [5.41, 5.74) is 0. The predicted octanol–water partition coefficient (Wildman–Crippen LogP) is 2.23. The molecule has 2 fully saturated rings. The summed E-state index contributed by atoms with van der Waals surface area (Å²) >= 11 is 0. The quantitative estimate of drug-likeness (QED) is 0.793. The molecule has 0 heterocycles. The first-order chi connectivity index (χ1) is 7.70. The number of rotatable bonds is 3. The molecular formula is C13H20N2O. The van der Waals surface area contributed by atoms with Crippen molar-refractivity contribution in [2.75, 3.05) is 0 Å². The number of hydrogen-bond acceptors (Lipinski definition) is 2. The SMILES string of the molecule is CC1CCC(C(=O)NC(C#N)C2CC2)CC1. The van der Waals surface area contributed by atoms with Gasteiger partial charge in [-0.2, -0.15) is 5.26 Å². The summed E-state index contributed by atoms with van der Waals surface area (Å²) in [5.74, 6) is 1.46.